The van der Waals surface area contributed by atoms with Gasteiger partial charge in [0.1, 0.15) is 12.1 Å². The molecule has 0 saturated carbocycles. The van der Waals surface area contributed by atoms with E-state index in [9.17, 15) is 4.79 Å². The molecule has 25 heavy (non-hydrogen) atoms. The minimum absolute atomic E-state index is 0.299. The van der Waals surface area contributed by atoms with Crippen LogP contribution in [-0.2, 0) is 18.3 Å². The molecule has 3 heterocycles. The SMILES string of the molecule is Cn1ccnc1CCC1CC(c2ccc3c(c2)OCO3)CN1CC=O. The Morgan fingerprint density at radius 3 is 3.00 bits per heavy atom. The quantitative estimate of drug-likeness (QED) is 0.754. The lowest BCUT2D eigenvalue weighted by Gasteiger charge is -2.21. The number of imidazole rings is 1. The van der Waals surface area contributed by atoms with Gasteiger partial charge < -0.3 is 18.8 Å². The predicted molar refractivity (Wildman–Crippen MR) is 92.9 cm³/mol. The fourth-order valence-corrected chi connectivity index (χ4v) is 3.95. The van der Waals surface area contributed by atoms with E-state index in [-0.39, 0.29) is 0 Å². The van der Waals surface area contributed by atoms with E-state index < -0.39 is 0 Å². The Balaban J connectivity index is 1.46. The number of hydrogen-bond donors (Lipinski definition) is 0. The number of carbonyl (C=O) groups is 1. The van der Waals surface area contributed by atoms with Gasteiger partial charge in [-0.15, -0.1) is 0 Å². The van der Waals surface area contributed by atoms with Crippen molar-refractivity contribution in [3.63, 3.8) is 0 Å². The van der Waals surface area contributed by atoms with Crippen molar-refractivity contribution in [2.75, 3.05) is 19.9 Å². The molecular weight excluding hydrogens is 318 g/mol. The zero-order chi connectivity index (χ0) is 17.2. The lowest BCUT2D eigenvalue weighted by atomic mass is 9.94. The van der Waals surface area contributed by atoms with Crippen molar-refractivity contribution in [2.24, 2.45) is 7.05 Å². The maximum atomic E-state index is 11.1. The summed E-state index contributed by atoms with van der Waals surface area (Å²) in [6, 6.07) is 6.60. The van der Waals surface area contributed by atoms with Crippen LogP contribution in [0.1, 0.15) is 30.1 Å². The van der Waals surface area contributed by atoms with Crippen LogP contribution >= 0.6 is 0 Å². The highest BCUT2D eigenvalue weighted by molar-refractivity contribution is 5.52. The Bertz CT molecular complexity index is 758. The zero-order valence-electron chi connectivity index (χ0n) is 14.4. The Kier molecular flexibility index (Phi) is 4.44. The van der Waals surface area contributed by atoms with Crippen LogP contribution in [-0.4, -0.2) is 46.7 Å². The third-order valence-corrected chi connectivity index (χ3v) is 5.33. The van der Waals surface area contributed by atoms with Gasteiger partial charge in [-0.05, 0) is 36.5 Å². The Labute approximate surface area is 147 Å². The van der Waals surface area contributed by atoms with Crippen molar-refractivity contribution in [1.82, 2.24) is 14.5 Å². The number of rotatable bonds is 6. The van der Waals surface area contributed by atoms with Crippen LogP contribution in [0, 0.1) is 0 Å². The molecule has 1 saturated heterocycles. The van der Waals surface area contributed by atoms with E-state index in [4.69, 9.17) is 9.47 Å². The maximum absolute atomic E-state index is 11.1. The van der Waals surface area contributed by atoms with Gasteiger partial charge in [-0.25, -0.2) is 4.98 Å². The first-order chi connectivity index (χ1) is 12.2. The van der Waals surface area contributed by atoms with Crippen LogP contribution in [0.3, 0.4) is 0 Å². The van der Waals surface area contributed by atoms with E-state index in [2.05, 4.69) is 26.6 Å². The molecule has 2 aliphatic heterocycles. The first-order valence-corrected chi connectivity index (χ1v) is 8.78. The van der Waals surface area contributed by atoms with Crippen LogP contribution in [0.4, 0.5) is 0 Å². The second kappa shape index (κ2) is 6.88. The molecule has 6 heteroatoms. The molecule has 0 aliphatic carbocycles. The molecule has 0 N–H and O–H groups in total. The van der Waals surface area contributed by atoms with Crippen molar-refractivity contribution >= 4 is 6.29 Å². The summed E-state index contributed by atoms with van der Waals surface area (Å²) in [5, 5.41) is 0. The van der Waals surface area contributed by atoms with E-state index in [0.717, 1.165) is 49.4 Å². The van der Waals surface area contributed by atoms with Gasteiger partial charge in [0.25, 0.3) is 0 Å². The Hall–Kier alpha value is -2.34. The molecule has 0 spiro atoms. The Morgan fingerprint density at radius 1 is 1.32 bits per heavy atom. The number of nitrogens with zero attached hydrogens (tertiary/aromatic N) is 3. The lowest BCUT2D eigenvalue weighted by Crippen LogP contribution is -2.31. The normalized spacial score (nSPS) is 22.4. The Morgan fingerprint density at radius 2 is 2.20 bits per heavy atom. The van der Waals surface area contributed by atoms with E-state index in [1.54, 1.807) is 0 Å². The van der Waals surface area contributed by atoms with Gasteiger partial charge in [-0.3, -0.25) is 4.90 Å². The second-order valence-corrected chi connectivity index (χ2v) is 6.81. The standard InChI is InChI=1S/C19H23N3O3/c1-21-7-6-20-19(21)5-3-16-10-15(12-22(16)8-9-23)14-2-4-17-18(11-14)25-13-24-17/h2,4,6-7,9,11,15-16H,3,5,8,10,12-13H2,1H3. The van der Waals surface area contributed by atoms with Gasteiger partial charge in [-0.2, -0.15) is 0 Å². The summed E-state index contributed by atoms with van der Waals surface area (Å²) >= 11 is 0. The van der Waals surface area contributed by atoms with Crippen molar-refractivity contribution < 1.29 is 14.3 Å². The van der Waals surface area contributed by atoms with Crippen LogP contribution in [0.25, 0.3) is 0 Å². The highest BCUT2D eigenvalue weighted by atomic mass is 16.7. The summed E-state index contributed by atoms with van der Waals surface area (Å²) in [5.74, 6) is 3.16. The number of aromatic nitrogens is 2. The summed E-state index contributed by atoms with van der Waals surface area (Å²) in [6.07, 6.45) is 7.82. The minimum atomic E-state index is 0.299. The first kappa shape index (κ1) is 16.1. The topological polar surface area (TPSA) is 56.6 Å². The highest BCUT2D eigenvalue weighted by Crippen LogP contribution is 2.39. The smallest absolute Gasteiger partial charge is 0.231 e. The molecule has 132 valence electrons. The average Bonchev–Trinajstić information content (AvgIpc) is 3.32. The van der Waals surface area contributed by atoms with Crippen molar-refractivity contribution in [3.05, 3.63) is 42.0 Å². The summed E-state index contributed by atoms with van der Waals surface area (Å²) in [4.78, 5) is 17.8. The fourth-order valence-electron chi connectivity index (χ4n) is 3.95. The number of aldehydes is 1. The molecule has 1 aromatic carbocycles. The van der Waals surface area contributed by atoms with Gasteiger partial charge in [0.2, 0.25) is 6.79 Å². The number of aryl methyl sites for hydroxylation is 2. The van der Waals surface area contributed by atoms with Crippen LogP contribution in [0.15, 0.2) is 30.6 Å². The van der Waals surface area contributed by atoms with Gasteiger partial charge in [0, 0.05) is 38.4 Å². The van der Waals surface area contributed by atoms with Crippen molar-refractivity contribution in [2.45, 2.75) is 31.2 Å². The molecule has 4 rings (SSSR count). The molecular formula is C19H23N3O3. The van der Waals surface area contributed by atoms with E-state index in [0.29, 0.717) is 25.3 Å². The van der Waals surface area contributed by atoms with Crippen LogP contribution in [0.2, 0.25) is 0 Å². The fraction of sp³-hybridized carbons (Fsp3) is 0.474. The third-order valence-electron chi connectivity index (χ3n) is 5.33. The van der Waals surface area contributed by atoms with Crippen LogP contribution < -0.4 is 9.47 Å². The molecule has 2 aliphatic rings. The highest BCUT2D eigenvalue weighted by Gasteiger charge is 2.33. The summed E-state index contributed by atoms with van der Waals surface area (Å²) in [5.41, 5.74) is 1.26. The van der Waals surface area contributed by atoms with Gasteiger partial charge in [0.05, 0.1) is 6.54 Å². The number of carbonyl (C=O) groups excluding carboxylic acids is 1. The van der Waals surface area contributed by atoms with Gasteiger partial charge in [-0.1, -0.05) is 6.07 Å². The monoisotopic (exact) mass is 341 g/mol. The maximum Gasteiger partial charge on any atom is 0.231 e. The molecule has 2 aromatic rings. The van der Waals surface area contributed by atoms with Crippen molar-refractivity contribution in [3.8, 4) is 11.5 Å². The number of benzene rings is 1. The van der Waals surface area contributed by atoms with E-state index in [1.165, 1.54) is 5.56 Å². The van der Waals surface area contributed by atoms with Crippen LogP contribution in [0.5, 0.6) is 11.5 Å². The summed E-state index contributed by atoms with van der Waals surface area (Å²) in [6.45, 7) is 1.70. The molecule has 0 amide bonds. The molecule has 6 nitrogen and oxygen atoms in total. The molecule has 2 unspecified atom stereocenters. The number of ether oxygens (including phenoxy) is 2. The predicted octanol–water partition coefficient (Wildman–Crippen LogP) is 2.14. The summed E-state index contributed by atoms with van der Waals surface area (Å²) in [7, 11) is 2.02. The molecule has 2 atom stereocenters. The number of likely N-dealkylation sites (tertiary alicyclic amines) is 1. The number of fused-ring (bicyclic) bond motifs is 1. The molecule has 1 fully saturated rings. The van der Waals surface area contributed by atoms with E-state index in [1.807, 2.05) is 25.5 Å². The second-order valence-electron chi connectivity index (χ2n) is 6.81. The largest absolute Gasteiger partial charge is 0.454 e. The average molecular weight is 341 g/mol. The van der Waals surface area contributed by atoms with Gasteiger partial charge in [0.15, 0.2) is 11.5 Å². The van der Waals surface area contributed by atoms with E-state index >= 15 is 0 Å². The molecule has 0 radical (unpaired) electrons. The van der Waals surface area contributed by atoms with Gasteiger partial charge >= 0.3 is 0 Å². The summed E-state index contributed by atoms with van der Waals surface area (Å²) < 4.78 is 13.0. The minimum Gasteiger partial charge on any atom is -0.454 e. The van der Waals surface area contributed by atoms with Crippen molar-refractivity contribution in [1.29, 1.82) is 0 Å². The first-order valence-electron chi connectivity index (χ1n) is 8.78. The zero-order valence-corrected chi connectivity index (χ0v) is 14.4. The lowest BCUT2D eigenvalue weighted by molar-refractivity contribution is -0.109. The number of hydrogen-bond acceptors (Lipinski definition) is 5. The third kappa shape index (κ3) is 3.26. The molecule has 0 bridgehead atoms. The molecule has 1 aromatic heterocycles.